The molecule has 0 unspecified atom stereocenters. The van der Waals surface area contributed by atoms with Crippen molar-refractivity contribution in [2.75, 3.05) is 16.8 Å². The summed E-state index contributed by atoms with van der Waals surface area (Å²) in [7, 11) is 0. The Bertz CT molecular complexity index is 1040. The van der Waals surface area contributed by atoms with E-state index < -0.39 is 23.9 Å². The smallest absolute Gasteiger partial charge is 0.263 e. The van der Waals surface area contributed by atoms with Crippen LogP contribution >= 0.6 is 11.6 Å². The molecule has 148 valence electrons. The van der Waals surface area contributed by atoms with E-state index in [0.29, 0.717) is 16.4 Å². The lowest BCUT2D eigenvalue weighted by atomic mass is 10.1. The zero-order valence-electron chi connectivity index (χ0n) is 15.8. The maximum Gasteiger partial charge on any atom is 0.263 e. The third-order valence-electron chi connectivity index (χ3n) is 5.13. The van der Waals surface area contributed by atoms with Crippen molar-refractivity contribution in [3.05, 3.63) is 58.6 Å². The van der Waals surface area contributed by atoms with Crippen LogP contribution in [0.4, 0.5) is 11.4 Å². The molecule has 4 rings (SSSR count). The van der Waals surface area contributed by atoms with Gasteiger partial charge in [-0.05, 0) is 55.3 Å². The third kappa shape index (κ3) is 3.36. The second-order valence-electron chi connectivity index (χ2n) is 6.98. The Morgan fingerprint density at radius 1 is 1.10 bits per heavy atom. The van der Waals surface area contributed by atoms with Crippen LogP contribution in [0.1, 0.15) is 11.1 Å². The van der Waals surface area contributed by atoms with E-state index in [0.717, 1.165) is 16.0 Å². The van der Waals surface area contributed by atoms with Crippen molar-refractivity contribution < 1.29 is 14.4 Å². The Morgan fingerprint density at radius 2 is 1.83 bits per heavy atom. The van der Waals surface area contributed by atoms with Gasteiger partial charge in [-0.2, -0.15) is 5.11 Å². The first-order valence-electron chi connectivity index (χ1n) is 9.03. The van der Waals surface area contributed by atoms with Crippen molar-refractivity contribution in [2.45, 2.75) is 25.9 Å². The summed E-state index contributed by atoms with van der Waals surface area (Å²) in [4.78, 5) is 39.2. The second kappa shape index (κ2) is 7.29. The molecule has 29 heavy (non-hydrogen) atoms. The molecule has 8 nitrogen and oxygen atoms in total. The van der Waals surface area contributed by atoms with Crippen molar-refractivity contribution in [1.29, 1.82) is 0 Å². The van der Waals surface area contributed by atoms with Gasteiger partial charge in [-0.15, -0.1) is 0 Å². The van der Waals surface area contributed by atoms with Crippen LogP contribution in [0, 0.1) is 13.8 Å². The zero-order chi connectivity index (χ0) is 20.7. The van der Waals surface area contributed by atoms with Crippen LogP contribution in [0.15, 0.2) is 52.8 Å². The first kappa shape index (κ1) is 19.1. The number of benzene rings is 2. The minimum absolute atomic E-state index is 0.189. The maximum absolute atomic E-state index is 12.9. The lowest BCUT2D eigenvalue weighted by Gasteiger charge is -2.20. The Labute approximate surface area is 172 Å². The second-order valence-corrected chi connectivity index (χ2v) is 7.41. The maximum atomic E-state index is 12.9. The first-order chi connectivity index (χ1) is 13.9. The topological polar surface area (TPSA) is 94.4 Å². The van der Waals surface area contributed by atoms with Gasteiger partial charge in [-0.1, -0.05) is 29.0 Å². The number of halogens is 1. The summed E-state index contributed by atoms with van der Waals surface area (Å²) in [5, 5.41) is 12.4. The predicted molar refractivity (Wildman–Crippen MR) is 108 cm³/mol. The molecular formula is C20H18ClN5O3. The van der Waals surface area contributed by atoms with Crippen molar-refractivity contribution in [1.82, 2.24) is 5.01 Å². The molecule has 2 heterocycles. The standard InChI is InChI=1S/C20H18ClN5O3/c1-11-4-3-5-15(12(11)2)22-16(27)10-25-18-17(23-24-25)19(28)26(20(18)29)14-8-6-13(21)7-9-14/h3-9,17-18H,10H2,1-2H3,(H,22,27)/t17-,18-/m0/s1. The van der Waals surface area contributed by atoms with Gasteiger partial charge in [-0.3, -0.25) is 19.4 Å². The van der Waals surface area contributed by atoms with E-state index in [4.69, 9.17) is 11.6 Å². The molecule has 0 aliphatic carbocycles. The average molecular weight is 412 g/mol. The average Bonchev–Trinajstić information content (AvgIpc) is 3.20. The normalized spacial score (nSPS) is 20.4. The number of hydrogen-bond donors (Lipinski definition) is 1. The van der Waals surface area contributed by atoms with Crippen molar-refractivity contribution >= 4 is 40.7 Å². The SMILES string of the molecule is Cc1cccc(NC(=O)CN2N=N[C@@H]3C(=O)N(c4ccc(Cl)cc4)C(=O)[C@H]32)c1C. The van der Waals surface area contributed by atoms with Gasteiger partial charge in [0.2, 0.25) is 5.91 Å². The minimum atomic E-state index is -0.952. The quantitative estimate of drug-likeness (QED) is 0.782. The number of anilines is 2. The van der Waals surface area contributed by atoms with Crippen LogP contribution in [0.2, 0.25) is 5.02 Å². The summed E-state index contributed by atoms with van der Waals surface area (Å²) < 4.78 is 0. The minimum Gasteiger partial charge on any atom is -0.324 e. The van der Waals surface area contributed by atoms with Crippen LogP contribution < -0.4 is 10.2 Å². The number of fused-ring (bicyclic) bond motifs is 1. The Kier molecular flexibility index (Phi) is 4.79. The van der Waals surface area contributed by atoms with Gasteiger partial charge in [0.1, 0.15) is 6.54 Å². The molecule has 1 N–H and O–H groups in total. The molecule has 0 bridgehead atoms. The fourth-order valence-corrected chi connectivity index (χ4v) is 3.55. The molecule has 2 aliphatic heterocycles. The van der Waals surface area contributed by atoms with Crippen LogP contribution in [-0.4, -0.2) is 41.4 Å². The number of carbonyl (C=O) groups is 3. The molecule has 0 saturated carbocycles. The number of rotatable bonds is 4. The molecular weight excluding hydrogens is 394 g/mol. The number of nitrogens with zero attached hydrogens (tertiary/aromatic N) is 4. The summed E-state index contributed by atoms with van der Waals surface area (Å²) in [6, 6.07) is 10.1. The highest BCUT2D eigenvalue weighted by Gasteiger charge is 2.55. The number of hydrogen-bond acceptors (Lipinski definition) is 6. The molecule has 2 aliphatic rings. The summed E-state index contributed by atoms with van der Waals surface area (Å²) in [5.41, 5.74) is 3.12. The molecule has 0 radical (unpaired) electrons. The van der Waals surface area contributed by atoms with E-state index in [-0.39, 0.29) is 12.5 Å². The third-order valence-corrected chi connectivity index (χ3v) is 5.38. The highest BCUT2D eigenvalue weighted by Crippen LogP contribution is 2.32. The highest BCUT2D eigenvalue weighted by atomic mass is 35.5. The summed E-state index contributed by atoms with van der Waals surface area (Å²) in [6.07, 6.45) is 0. The highest BCUT2D eigenvalue weighted by molar-refractivity contribution is 6.31. The summed E-state index contributed by atoms with van der Waals surface area (Å²) >= 11 is 5.88. The molecule has 0 aromatic heterocycles. The van der Waals surface area contributed by atoms with Crippen molar-refractivity contribution in [3.8, 4) is 0 Å². The Balaban J connectivity index is 1.49. The monoisotopic (exact) mass is 411 g/mol. The van der Waals surface area contributed by atoms with E-state index in [1.807, 2.05) is 26.0 Å². The first-order valence-corrected chi connectivity index (χ1v) is 9.41. The van der Waals surface area contributed by atoms with Crippen molar-refractivity contribution in [2.24, 2.45) is 10.3 Å². The van der Waals surface area contributed by atoms with Crippen LogP contribution in [-0.2, 0) is 14.4 Å². The van der Waals surface area contributed by atoms with Crippen LogP contribution in [0.3, 0.4) is 0 Å². The number of amides is 3. The summed E-state index contributed by atoms with van der Waals surface area (Å²) in [5.74, 6) is -1.28. The fourth-order valence-electron chi connectivity index (χ4n) is 3.42. The Morgan fingerprint density at radius 3 is 2.55 bits per heavy atom. The van der Waals surface area contributed by atoms with E-state index >= 15 is 0 Å². The lowest BCUT2D eigenvalue weighted by Crippen LogP contribution is -2.43. The predicted octanol–water partition coefficient (Wildman–Crippen LogP) is 2.89. The van der Waals surface area contributed by atoms with E-state index in [2.05, 4.69) is 15.7 Å². The van der Waals surface area contributed by atoms with E-state index in [1.165, 1.54) is 5.01 Å². The molecule has 1 fully saturated rings. The van der Waals surface area contributed by atoms with Gasteiger partial charge in [0.05, 0.1) is 5.69 Å². The Hall–Kier alpha value is -3.26. The molecule has 2 aromatic rings. The van der Waals surface area contributed by atoms with Gasteiger partial charge in [0.15, 0.2) is 12.1 Å². The molecule has 9 heteroatoms. The number of nitrogens with one attached hydrogen (secondary N) is 1. The molecule has 3 amide bonds. The van der Waals surface area contributed by atoms with Gasteiger partial charge < -0.3 is 5.32 Å². The van der Waals surface area contributed by atoms with E-state index in [9.17, 15) is 14.4 Å². The number of imide groups is 1. The van der Waals surface area contributed by atoms with E-state index in [1.54, 1.807) is 30.3 Å². The number of aryl methyl sites for hydroxylation is 1. The fraction of sp³-hybridized carbons (Fsp3) is 0.250. The zero-order valence-corrected chi connectivity index (χ0v) is 16.6. The van der Waals surface area contributed by atoms with Gasteiger partial charge in [0.25, 0.3) is 11.8 Å². The lowest BCUT2D eigenvalue weighted by molar-refractivity contribution is -0.123. The van der Waals surface area contributed by atoms with Gasteiger partial charge in [0, 0.05) is 10.7 Å². The van der Waals surface area contributed by atoms with Crippen LogP contribution in [0.25, 0.3) is 0 Å². The molecule has 1 saturated heterocycles. The molecule has 2 aromatic carbocycles. The van der Waals surface area contributed by atoms with Gasteiger partial charge in [-0.25, -0.2) is 4.90 Å². The summed E-state index contributed by atoms with van der Waals surface area (Å²) in [6.45, 7) is 3.68. The largest absolute Gasteiger partial charge is 0.324 e. The van der Waals surface area contributed by atoms with Gasteiger partial charge >= 0.3 is 0 Å². The van der Waals surface area contributed by atoms with Crippen LogP contribution in [0.5, 0.6) is 0 Å². The molecule has 0 spiro atoms. The molecule has 2 atom stereocenters. The number of carbonyl (C=O) groups excluding carboxylic acids is 3. The van der Waals surface area contributed by atoms with Crippen molar-refractivity contribution in [3.63, 3.8) is 0 Å².